The Morgan fingerprint density at radius 3 is 2.71 bits per heavy atom. The predicted molar refractivity (Wildman–Crippen MR) is 88.3 cm³/mol. The molecule has 0 aliphatic carbocycles. The van der Waals surface area contributed by atoms with Crippen LogP contribution in [0.15, 0.2) is 48.7 Å². The lowest BCUT2D eigenvalue weighted by atomic mass is 10.2. The van der Waals surface area contributed by atoms with Crippen LogP contribution in [-0.2, 0) is 28.7 Å². The van der Waals surface area contributed by atoms with Crippen LogP contribution in [0.2, 0.25) is 0 Å². The first-order valence-electron chi connectivity index (χ1n) is 7.70. The Balaban J connectivity index is 1.62. The van der Waals surface area contributed by atoms with Gasteiger partial charge in [0.25, 0.3) is 0 Å². The largest absolute Gasteiger partial charge is 0.302 e. The molecule has 0 N–H and O–H groups in total. The van der Waals surface area contributed by atoms with Gasteiger partial charge in [0, 0.05) is 19.2 Å². The van der Waals surface area contributed by atoms with E-state index in [4.69, 9.17) is 0 Å². The molecule has 1 aromatic carbocycles. The second kappa shape index (κ2) is 5.68. The zero-order valence-electron chi connectivity index (χ0n) is 12.9. The molecule has 124 valence electrons. The van der Waals surface area contributed by atoms with Crippen LogP contribution < -0.4 is 0 Å². The first-order valence-corrected chi connectivity index (χ1v) is 9.31. The number of aromatic nitrogens is 2. The fourth-order valence-corrected chi connectivity index (χ4v) is 4.54. The summed E-state index contributed by atoms with van der Waals surface area (Å²) in [6.45, 7) is 0.727. The lowest BCUT2D eigenvalue weighted by molar-refractivity contribution is 0.383. The van der Waals surface area contributed by atoms with Crippen LogP contribution in [0, 0.1) is 5.82 Å². The molecule has 5 nitrogen and oxygen atoms in total. The number of rotatable bonds is 3. The molecule has 7 heteroatoms. The van der Waals surface area contributed by atoms with E-state index in [0.29, 0.717) is 25.1 Å². The molecule has 24 heavy (non-hydrogen) atoms. The van der Waals surface area contributed by atoms with Gasteiger partial charge in [-0.3, -0.25) is 0 Å². The molecule has 0 fully saturated rings. The SMILES string of the molecule is O=S(=O)(Cc1ccc(F)cc1)N1CCc2nc3ccccn3c2C1. The fourth-order valence-electron chi connectivity index (χ4n) is 3.06. The molecule has 0 spiro atoms. The molecule has 0 unspecified atom stereocenters. The Morgan fingerprint density at radius 2 is 1.92 bits per heavy atom. The Hall–Kier alpha value is -2.25. The minimum atomic E-state index is -3.47. The van der Waals surface area contributed by atoms with Crippen LogP contribution in [0.3, 0.4) is 0 Å². The zero-order valence-corrected chi connectivity index (χ0v) is 13.7. The summed E-state index contributed by atoms with van der Waals surface area (Å²) in [5.74, 6) is -0.496. The predicted octanol–water partition coefficient (Wildman–Crippen LogP) is 2.36. The molecule has 0 bridgehead atoms. The van der Waals surface area contributed by atoms with Crippen molar-refractivity contribution in [2.24, 2.45) is 0 Å². The molecule has 3 heterocycles. The summed E-state index contributed by atoms with van der Waals surface area (Å²) in [6, 6.07) is 11.3. The molecule has 1 aliphatic heterocycles. The van der Waals surface area contributed by atoms with Crippen molar-refractivity contribution in [3.63, 3.8) is 0 Å². The van der Waals surface area contributed by atoms with E-state index < -0.39 is 10.0 Å². The number of hydrogen-bond donors (Lipinski definition) is 0. The third-order valence-electron chi connectivity index (χ3n) is 4.29. The quantitative estimate of drug-likeness (QED) is 0.732. The third kappa shape index (κ3) is 2.70. The zero-order chi connectivity index (χ0) is 16.7. The van der Waals surface area contributed by atoms with Gasteiger partial charge < -0.3 is 4.40 Å². The summed E-state index contributed by atoms with van der Waals surface area (Å²) in [6.07, 6.45) is 2.50. The molecule has 2 aromatic heterocycles. The van der Waals surface area contributed by atoms with Gasteiger partial charge in [0.1, 0.15) is 11.5 Å². The van der Waals surface area contributed by atoms with E-state index in [-0.39, 0.29) is 11.6 Å². The third-order valence-corrected chi connectivity index (χ3v) is 6.09. The molecule has 0 saturated carbocycles. The number of hydrogen-bond acceptors (Lipinski definition) is 3. The summed E-state index contributed by atoms with van der Waals surface area (Å²) < 4.78 is 41.8. The molecule has 0 amide bonds. The number of nitrogens with zero attached hydrogens (tertiary/aromatic N) is 3. The van der Waals surface area contributed by atoms with Crippen molar-refractivity contribution in [2.75, 3.05) is 6.54 Å². The minimum absolute atomic E-state index is 0.126. The van der Waals surface area contributed by atoms with Gasteiger partial charge in [-0.1, -0.05) is 18.2 Å². The van der Waals surface area contributed by atoms with E-state index in [2.05, 4.69) is 4.98 Å². The average Bonchev–Trinajstić information content (AvgIpc) is 2.94. The first-order chi connectivity index (χ1) is 11.5. The number of halogens is 1. The van der Waals surface area contributed by atoms with Crippen LogP contribution in [0.4, 0.5) is 4.39 Å². The second-order valence-electron chi connectivity index (χ2n) is 5.90. The van der Waals surface area contributed by atoms with Crippen molar-refractivity contribution >= 4 is 15.7 Å². The van der Waals surface area contributed by atoms with Crippen LogP contribution in [0.1, 0.15) is 17.0 Å². The highest BCUT2D eigenvalue weighted by atomic mass is 32.2. The van der Waals surface area contributed by atoms with Gasteiger partial charge in [-0.05, 0) is 29.8 Å². The summed E-state index contributed by atoms with van der Waals surface area (Å²) in [7, 11) is -3.47. The number of imidazole rings is 1. The van der Waals surface area contributed by atoms with Crippen LogP contribution >= 0.6 is 0 Å². The molecule has 0 radical (unpaired) electrons. The Bertz CT molecular complexity index is 996. The van der Waals surface area contributed by atoms with E-state index in [1.807, 2.05) is 28.8 Å². The standard InChI is InChI=1S/C17H16FN3O2S/c18-14-6-4-13(5-7-14)12-24(22,23)20-10-8-15-16(11-20)21-9-2-1-3-17(21)19-15/h1-7,9H,8,10-12H2. The Kier molecular flexibility index (Phi) is 3.62. The maximum absolute atomic E-state index is 13.0. The molecule has 1 aliphatic rings. The number of fused-ring (bicyclic) bond motifs is 3. The van der Waals surface area contributed by atoms with Gasteiger partial charge in [-0.25, -0.2) is 17.8 Å². The monoisotopic (exact) mass is 345 g/mol. The molecule has 4 rings (SSSR count). The van der Waals surface area contributed by atoms with Crippen molar-refractivity contribution in [1.29, 1.82) is 0 Å². The van der Waals surface area contributed by atoms with E-state index in [9.17, 15) is 12.8 Å². The van der Waals surface area contributed by atoms with E-state index in [1.54, 1.807) is 0 Å². The molecule has 3 aromatic rings. The molecule has 0 atom stereocenters. The number of pyridine rings is 1. The summed E-state index contributed by atoms with van der Waals surface area (Å²) in [4.78, 5) is 4.56. The maximum Gasteiger partial charge on any atom is 0.218 e. The number of benzene rings is 1. The van der Waals surface area contributed by atoms with E-state index in [1.165, 1.54) is 28.6 Å². The summed E-state index contributed by atoms with van der Waals surface area (Å²) in [5.41, 5.74) is 3.29. The highest BCUT2D eigenvalue weighted by molar-refractivity contribution is 7.88. The maximum atomic E-state index is 13.0. The van der Waals surface area contributed by atoms with Crippen LogP contribution in [-0.4, -0.2) is 28.7 Å². The van der Waals surface area contributed by atoms with E-state index >= 15 is 0 Å². The van der Waals surface area contributed by atoms with Crippen molar-refractivity contribution in [3.05, 3.63) is 71.4 Å². The van der Waals surface area contributed by atoms with Crippen LogP contribution in [0.25, 0.3) is 5.65 Å². The van der Waals surface area contributed by atoms with E-state index in [0.717, 1.165) is 17.0 Å². The van der Waals surface area contributed by atoms with Gasteiger partial charge in [0.15, 0.2) is 0 Å². The van der Waals surface area contributed by atoms with Gasteiger partial charge in [0.05, 0.1) is 23.7 Å². The first kappa shape index (κ1) is 15.3. The van der Waals surface area contributed by atoms with Gasteiger partial charge in [0.2, 0.25) is 10.0 Å². The van der Waals surface area contributed by atoms with Crippen molar-refractivity contribution in [2.45, 2.75) is 18.7 Å². The highest BCUT2D eigenvalue weighted by Crippen LogP contribution is 2.24. The highest BCUT2D eigenvalue weighted by Gasteiger charge is 2.29. The van der Waals surface area contributed by atoms with Gasteiger partial charge >= 0.3 is 0 Å². The second-order valence-corrected chi connectivity index (χ2v) is 7.87. The minimum Gasteiger partial charge on any atom is -0.302 e. The van der Waals surface area contributed by atoms with Crippen molar-refractivity contribution in [1.82, 2.24) is 13.7 Å². The van der Waals surface area contributed by atoms with Crippen LogP contribution in [0.5, 0.6) is 0 Å². The van der Waals surface area contributed by atoms with Gasteiger partial charge in [-0.2, -0.15) is 4.31 Å². The van der Waals surface area contributed by atoms with Gasteiger partial charge in [-0.15, -0.1) is 0 Å². The normalized spacial score (nSPS) is 15.5. The average molecular weight is 345 g/mol. The smallest absolute Gasteiger partial charge is 0.218 e. The fraction of sp³-hybridized carbons (Fsp3) is 0.235. The Morgan fingerprint density at radius 1 is 1.12 bits per heavy atom. The molecular weight excluding hydrogens is 329 g/mol. The summed E-state index contributed by atoms with van der Waals surface area (Å²) >= 11 is 0. The van der Waals surface area contributed by atoms with Crippen molar-refractivity contribution < 1.29 is 12.8 Å². The molecular formula is C17H16FN3O2S. The topological polar surface area (TPSA) is 54.7 Å². The lowest BCUT2D eigenvalue weighted by Crippen LogP contribution is -2.37. The lowest BCUT2D eigenvalue weighted by Gasteiger charge is -2.26. The summed E-state index contributed by atoms with van der Waals surface area (Å²) in [5, 5.41) is 0. The Labute approximate surface area is 139 Å². The number of sulfonamides is 1. The molecule has 0 saturated heterocycles. The van der Waals surface area contributed by atoms with Crippen molar-refractivity contribution in [3.8, 4) is 0 Å².